The number of aliphatic hydroxyl groups excluding tert-OH is 1. The number of nitrogens with one attached hydrogen (secondary N) is 1. The van der Waals surface area contributed by atoms with Crippen molar-refractivity contribution in [2.45, 2.75) is 17.5 Å². The standard InChI is InChI=1S/C15H16N2O6S2/c1-23-15(16-10(19)5-9-3-2-4-24-9)13(22)17-11(12(20)21)8(6-18)7-25-14(15)17/h2-4,14,18H,5-7H2,1H3,(H,16,19)(H,20,21). The molecule has 0 aliphatic carbocycles. The SMILES string of the molecule is COC1(NC(=O)Cc2cccs2)C(=O)N2C(C(=O)O)=C(CO)CSC21. The van der Waals surface area contributed by atoms with Crippen molar-refractivity contribution in [3.05, 3.63) is 33.7 Å². The van der Waals surface area contributed by atoms with Crippen LogP contribution in [0.1, 0.15) is 4.88 Å². The van der Waals surface area contributed by atoms with E-state index in [1.165, 1.54) is 30.2 Å². The summed E-state index contributed by atoms with van der Waals surface area (Å²) in [7, 11) is 1.30. The number of fused-ring (bicyclic) bond motifs is 1. The quantitative estimate of drug-likeness (QED) is 0.467. The Kier molecular flexibility index (Phi) is 4.87. The van der Waals surface area contributed by atoms with Crippen molar-refractivity contribution >= 4 is 40.9 Å². The van der Waals surface area contributed by atoms with E-state index < -0.39 is 29.6 Å². The van der Waals surface area contributed by atoms with E-state index in [9.17, 15) is 24.6 Å². The van der Waals surface area contributed by atoms with Gasteiger partial charge in [-0.2, -0.15) is 0 Å². The van der Waals surface area contributed by atoms with E-state index in [-0.39, 0.29) is 29.4 Å². The summed E-state index contributed by atoms with van der Waals surface area (Å²) in [6.07, 6.45) is 0.108. The van der Waals surface area contributed by atoms with Crippen molar-refractivity contribution in [2.75, 3.05) is 19.5 Å². The number of hydrogen-bond acceptors (Lipinski definition) is 7. The minimum absolute atomic E-state index is 0.108. The van der Waals surface area contributed by atoms with Gasteiger partial charge in [0.1, 0.15) is 11.1 Å². The second kappa shape index (κ2) is 6.79. The van der Waals surface area contributed by atoms with Gasteiger partial charge in [0.25, 0.3) is 11.6 Å². The first kappa shape index (κ1) is 17.9. The van der Waals surface area contributed by atoms with E-state index in [4.69, 9.17) is 4.74 Å². The summed E-state index contributed by atoms with van der Waals surface area (Å²) in [4.78, 5) is 38.4. The maximum absolute atomic E-state index is 12.7. The number of carbonyl (C=O) groups is 3. The van der Waals surface area contributed by atoms with Crippen molar-refractivity contribution in [1.82, 2.24) is 10.2 Å². The Labute approximate surface area is 151 Å². The molecule has 0 radical (unpaired) electrons. The molecule has 25 heavy (non-hydrogen) atoms. The molecule has 134 valence electrons. The van der Waals surface area contributed by atoms with Gasteiger partial charge in [-0.1, -0.05) is 6.07 Å². The number of aliphatic carboxylic acids is 1. The van der Waals surface area contributed by atoms with E-state index in [2.05, 4.69) is 5.32 Å². The molecule has 2 atom stereocenters. The number of amides is 2. The average molecular weight is 384 g/mol. The highest BCUT2D eigenvalue weighted by atomic mass is 32.2. The molecule has 1 aromatic heterocycles. The first-order valence-corrected chi connectivity index (χ1v) is 9.27. The summed E-state index contributed by atoms with van der Waals surface area (Å²) in [6, 6.07) is 3.64. The Morgan fingerprint density at radius 2 is 2.28 bits per heavy atom. The molecule has 1 aromatic rings. The Morgan fingerprint density at radius 3 is 2.84 bits per heavy atom. The van der Waals surface area contributed by atoms with Gasteiger partial charge in [0.15, 0.2) is 0 Å². The van der Waals surface area contributed by atoms with E-state index in [1.807, 2.05) is 17.5 Å². The topological polar surface area (TPSA) is 116 Å². The van der Waals surface area contributed by atoms with Crippen molar-refractivity contribution in [3.8, 4) is 0 Å². The molecule has 0 bridgehead atoms. The van der Waals surface area contributed by atoms with Gasteiger partial charge in [0, 0.05) is 17.7 Å². The number of thioether (sulfide) groups is 1. The van der Waals surface area contributed by atoms with Gasteiger partial charge in [-0.05, 0) is 17.0 Å². The molecule has 2 amide bonds. The molecular formula is C15H16N2O6S2. The number of thiophene rings is 1. The second-order valence-electron chi connectivity index (χ2n) is 5.50. The van der Waals surface area contributed by atoms with Gasteiger partial charge in [-0.15, -0.1) is 23.1 Å². The average Bonchev–Trinajstić information content (AvgIpc) is 3.10. The third kappa shape index (κ3) is 2.84. The minimum Gasteiger partial charge on any atom is -0.477 e. The first-order chi connectivity index (χ1) is 11.9. The van der Waals surface area contributed by atoms with Crippen LogP contribution in [0.25, 0.3) is 0 Å². The fourth-order valence-corrected chi connectivity index (χ4v) is 5.02. The summed E-state index contributed by atoms with van der Waals surface area (Å²) in [5.74, 6) is -2.10. The number of ether oxygens (including phenoxy) is 1. The Hall–Kier alpha value is -1.88. The molecule has 2 unspecified atom stereocenters. The molecule has 2 aliphatic heterocycles. The molecule has 3 rings (SSSR count). The van der Waals surface area contributed by atoms with Crippen LogP contribution < -0.4 is 5.32 Å². The summed E-state index contributed by atoms with van der Waals surface area (Å²) in [5.41, 5.74) is -1.58. The molecule has 1 saturated heterocycles. The molecule has 0 saturated carbocycles. The van der Waals surface area contributed by atoms with Crippen molar-refractivity contribution in [3.63, 3.8) is 0 Å². The zero-order valence-electron chi connectivity index (χ0n) is 13.2. The van der Waals surface area contributed by atoms with Crippen LogP contribution in [0.5, 0.6) is 0 Å². The maximum atomic E-state index is 12.7. The summed E-state index contributed by atoms with van der Waals surface area (Å²) in [5, 5.41) is 22.5. The van der Waals surface area contributed by atoms with Gasteiger partial charge in [0.05, 0.1) is 13.0 Å². The van der Waals surface area contributed by atoms with Gasteiger partial charge < -0.3 is 20.3 Å². The molecule has 1 fully saturated rings. The van der Waals surface area contributed by atoms with Crippen LogP contribution in [0.4, 0.5) is 0 Å². The third-order valence-corrected chi connectivity index (χ3v) is 6.32. The molecule has 2 aliphatic rings. The van der Waals surface area contributed by atoms with Crippen LogP contribution in [-0.2, 0) is 25.5 Å². The minimum atomic E-state index is -1.60. The normalized spacial score (nSPS) is 25.4. The Morgan fingerprint density at radius 1 is 1.52 bits per heavy atom. The van der Waals surface area contributed by atoms with Crippen LogP contribution in [0.15, 0.2) is 28.8 Å². The van der Waals surface area contributed by atoms with E-state index in [0.29, 0.717) is 0 Å². The van der Waals surface area contributed by atoms with Crippen LogP contribution in [0.3, 0.4) is 0 Å². The molecule has 10 heteroatoms. The van der Waals surface area contributed by atoms with E-state index in [0.717, 1.165) is 9.78 Å². The number of β-lactam (4-membered cyclic amide) rings is 1. The van der Waals surface area contributed by atoms with Gasteiger partial charge in [-0.3, -0.25) is 14.5 Å². The molecule has 8 nitrogen and oxygen atoms in total. The smallest absolute Gasteiger partial charge is 0.352 e. The Bertz CT molecular complexity index is 747. The summed E-state index contributed by atoms with van der Waals surface area (Å²) in [6.45, 7) is -0.449. The predicted molar refractivity (Wildman–Crippen MR) is 90.7 cm³/mol. The first-order valence-electron chi connectivity index (χ1n) is 7.34. The lowest BCUT2D eigenvalue weighted by Crippen LogP contribution is -2.80. The zero-order chi connectivity index (χ0) is 18.2. The number of nitrogens with zero attached hydrogens (tertiary/aromatic N) is 1. The lowest BCUT2D eigenvalue weighted by Gasteiger charge is -2.55. The number of aliphatic hydroxyl groups is 1. The van der Waals surface area contributed by atoms with E-state index in [1.54, 1.807) is 0 Å². The number of carbonyl (C=O) groups excluding carboxylic acids is 2. The number of carboxylic acid groups (broad SMARTS) is 1. The highest BCUT2D eigenvalue weighted by molar-refractivity contribution is 8.00. The maximum Gasteiger partial charge on any atom is 0.352 e. The van der Waals surface area contributed by atoms with Crippen LogP contribution >= 0.6 is 23.1 Å². The molecule has 0 aromatic carbocycles. The fourth-order valence-electron chi connectivity index (χ4n) is 2.89. The monoisotopic (exact) mass is 384 g/mol. The van der Waals surface area contributed by atoms with Gasteiger partial charge in [-0.25, -0.2) is 4.79 Å². The Balaban J connectivity index is 1.82. The van der Waals surface area contributed by atoms with E-state index >= 15 is 0 Å². The molecule has 0 spiro atoms. The molecular weight excluding hydrogens is 368 g/mol. The van der Waals surface area contributed by atoms with Crippen molar-refractivity contribution in [1.29, 1.82) is 0 Å². The number of carboxylic acids is 1. The number of methoxy groups -OCH3 is 1. The van der Waals surface area contributed by atoms with Crippen LogP contribution in [0.2, 0.25) is 0 Å². The third-order valence-electron chi connectivity index (χ3n) is 4.07. The van der Waals surface area contributed by atoms with Crippen molar-refractivity contribution in [2.24, 2.45) is 0 Å². The second-order valence-corrected chi connectivity index (χ2v) is 7.60. The lowest BCUT2D eigenvalue weighted by atomic mass is 9.98. The predicted octanol–water partition coefficient (Wildman–Crippen LogP) is -0.00440. The molecule has 3 N–H and O–H groups in total. The van der Waals surface area contributed by atoms with Crippen LogP contribution in [-0.4, -0.2) is 63.5 Å². The summed E-state index contributed by atoms with van der Waals surface area (Å²) >= 11 is 2.67. The largest absolute Gasteiger partial charge is 0.477 e. The lowest BCUT2D eigenvalue weighted by molar-refractivity contribution is -0.192. The zero-order valence-corrected chi connectivity index (χ0v) is 14.9. The number of hydrogen-bond donors (Lipinski definition) is 3. The van der Waals surface area contributed by atoms with Gasteiger partial charge >= 0.3 is 5.97 Å². The van der Waals surface area contributed by atoms with Crippen molar-refractivity contribution < 1.29 is 29.3 Å². The highest BCUT2D eigenvalue weighted by Gasteiger charge is 2.66. The molecule has 3 heterocycles. The number of rotatable bonds is 6. The highest BCUT2D eigenvalue weighted by Crippen LogP contribution is 2.46. The van der Waals surface area contributed by atoms with Crippen LogP contribution in [0, 0.1) is 0 Å². The summed E-state index contributed by atoms with van der Waals surface area (Å²) < 4.78 is 5.32. The fraction of sp³-hybridized carbons (Fsp3) is 0.400. The van der Waals surface area contributed by atoms with Gasteiger partial charge in [0.2, 0.25) is 5.91 Å².